The molecule has 0 aliphatic heterocycles. The van der Waals surface area contributed by atoms with Gasteiger partial charge in [0.25, 0.3) is 0 Å². The predicted octanol–water partition coefficient (Wildman–Crippen LogP) is 3.38. The van der Waals surface area contributed by atoms with E-state index in [9.17, 15) is 9.18 Å². The Balaban J connectivity index is 1.37. The van der Waals surface area contributed by atoms with E-state index in [0.717, 1.165) is 11.1 Å². The fraction of sp³-hybridized carbons (Fsp3) is 0.263. The van der Waals surface area contributed by atoms with Crippen LogP contribution >= 0.6 is 15.9 Å². The molecule has 0 bridgehead atoms. The lowest BCUT2D eigenvalue weighted by Crippen LogP contribution is -2.25. The molecule has 1 aromatic heterocycles. The second kappa shape index (κ2) is 9.36. The maximum atomic E-state index is 13.2. The number of carbonyl (C=O) groups is 1. The van der Waals surface area contributed by atoms with E-state index in [2.05, 4.69) is 36.7 Å². The standard InChI is InChI=1S/C19H19BrFN5O/c20-16-13-14(8-9-17(16)21)10-11-22-18(27)7-4-12-26-24-19(23-25-26)15-5-2-1-3-6-15/h1-3,5-6,8-9,13H,4,7,10-12H2,(H,22,27). The Hall–Kier alpha value is -2.61. The van der Waals surface area contributed by atoms with Gasteiger partial charge in [-0.05, 0) is 51.7 Å². The van der Waals surface area contributed by atoms with Gasteiger partial charge in [0.1, 0.15) is 5.82 Å². The first-order valence-electron chi connectivity index (χ1n) is 8.65. The van der Waals surface area contributed by atoms with Crippen molar-refractivity contribution in [2.24, 2.45) is 0 Å². The molecule has 6 nitrogen and oxygen atoms in total. The molecule has 1 amide bonds. The van der Waals surface area contributed by atoms with E-state index in [1.165, 1.54) is 10.9 Å². The lowest BCUT2D eigenvalue weighted by atomic mass is 10.1. The Morgan fingerprint density at radius 3 is 2.78 bits per heavy atom. The van der Waals surface area contributed by atoms with Crippen molar-refractivity contribution in [1.82, 2.24) is 25.5 Å². The number of hydrogen-bond acceptors (Lipinski definition) is 4. The Morgan fingerprint density at radius 2 is 2.00 bits per heavy atom. The molecular formula is C19H19BrFN5O. The van der Waals surface area contributed by atoms with Crippen molar-refractivity contribution in [2.75, 3.05) is 6.54 Å². The average molecular weight is 432 g/mol. The fourth-order valence-corrected chi connectivity index (χ4v) is 2.98. The summed E-state index contributed by atoms with van der Waals surface area (Å²) in [5, 5.41) is 15.2. The zero-order valence-electron chi connectivity index (χ0n) is 14.6. The van der Waals surface area contributed by atoms with Gasteiger partial charge in [-0.1, -0.05) is 36.4 Å². The van der Waals surface area contributed by atoms with Crippen molar-refractivity contribution in [1.29, 1.82) is 0 Å². The van der Waals surface area contributed by atoms with Gasteiger partial charge in [-0.25, -0.2) is 4.39 Å². The minimum atomic E-state index is -0.292. The van der Waals surface area contributed by atoms with E-state index >= 15 is 0 Å². The summed E-state index contributed by atoms with van der Waals surface area (Å²) in [7, 11) is 0. The highest BCUT2D eigenvalue weighted by Crippen LogP contribution is 2.17. The Labute approximate surface area is 164 Å². The number of aryl methyl sites for hydroxylation is 1. The molecule has 0 saturated carbocycles. The van der Waals surface area contributed by atoms with Crippen LogP contribution in [0.3, 0.4) is 0 Å². The highest BCUT2D eigenvalue weighted by Gasteiger charge is 2.07. The molecule has 0 saturated heterocycles. The molecule has 3 rings (SSSR count). The van der Waals surface area contributed by atoms with Crippen LogP contribution in [-0.2, 0) is 17.8 Å². The zero-order valence-corrected chi connectivity index (χ0v) is 16.2. The van der Waals surface area contributed by atoms with E-state index in [0.29, 0.717) is 42.6 Å². The lowest BCUT2D eigenvalue weighted by Gasteiger charge is -2.06. The molecule has 0 aliphatic carbocycles. The molecule has 140 valence electrons. The SMILES string of the molecule is O=C(CCCn1nnc(-c2ccccc2)n1)NCCc1ccc(F)c(Br)c1. The van der Waals surface area contributed by atoms with Gasteiger partial charge < -0.3 is 5.32 Å². The van der Waals surface area contributed by atoms with Crippen LogP contribution in [0.4, 0.5) is 4.39 Å². The van der Waals surface area contributed by atoms with Crippen molar-refractivity contribution < 1.29 is 9.18 Å². The highest BCUT2D eigenvalue weighted by molar-refractivity contribution is 9.10. The molecule has 8 heteroatoms. The Kier molecular flexibility index (Phi) is 6.64. The molecule has 1 heterocycles. The second-order valence-corrected chi connectivity index (χ2v) is 6.88. The number of tetrazole rings is 1. The first-order chi connectivity index (χ1) is 13.1. The van der Waals surface area contributed by atoms with Crippen LogP contribution in [0, 0.1) is 5.82 Å². The molecule has 0 atom stereocenters. The third-order valence-corrected chi connectivity index (χ3v) is 4.57. The van der Waals surface area contributed by atoms with Crippen LogP contribution < -0.4 is 5.32 Å². The zero-order chi connectivity index (χ0) is 19.1. The molecule has 3 aromatic rings. The van der Waals surface area contributed by atoms with Crippen molar-refractivity contribution in [3.63, 3.8) is 0 Å². The van der Waals surface area contributed by atoms with Gasteiger partial charge in [-0.3, -0.25) is 4.79 Å². The summed E-state index contributed by atoms with van der Waals surface area (Å²) in [5.74, 6) is 0.255. The normalized spacial score (nSPS) is 10.7. The molecule has 0 radical (unpaired) electrons. The molecule has 27 heavy (non-hydrogen) atoms. The third-order valence-electron chi connectivity index (χ3n) is 3.97. The number of nitrogens with zero attached hydrogens (tertiary/aromatic N) is 4. The molecule has 0 spiro atoms. The minimum absolute atomic E-state index is 0.0282. The quantitative estimate of drug-likeness (QED) is 0.593. The van der Waals surface area contributed by atoms with Gasteiger partial charge in [0.2, 0.25) is 11.7 Å². The van der Waals surface area contributed by atoms with E-state index in [1.807, 2.05) is 30.3 Å². The number of hydrogen-bond donors (Lipinski definition) is 1. The summed E-state index contributed by atoms with van der Waals surface area (Å²) in [4.78, 5) is 13.4. The summed E-state index contributed by atoms with van der Waals surface area (Å²) in [6, 6.07) is 14.5. The monoisotopic (exact) mass is 431 g/mol. The van der Waals surface area contributed by atoms with Crippen LogP contribution in [-0.4, -0.2) is 32.7 Å². The average Bonchev–Trinajstić information content (AvgIpc) is 3.14. The number of amides is 1. The van der Waals surface area contributed by atoms with Crippen molar-refractivity contribution in [2.45, 2.75) is 25.8 Å². The van der Waals surface area contributed by atoms with E-state index in [-0.39, 0.29) is 11.7 Å². The largest absolute Gasteiger partial charge is 0.356 e. The van der Waals surface area contributed by atoms with Gasteiger partial charge in [-0.2, -0.15) is 4.80 Å². The number of benzene rings is 2. The van der Waals surface area contributed by atoms with E-state index < -0.39 is 0 Å². The molecular weight excluding hydrogens is 413 g/mol. The van der Waals surface area contributed by atoms with Gasteiger partial charge >= 0.3 is 0 Å². The summed E-state index contributed by atoms with van der Waals surface area (Å²) >= 11 is 3.16. The van der Waals surface area contributed by atoms with Crippen molar-refractivity contribution >= 4 is 21.8 Å². The van der Waals surface area contributed by atoms with Gasteiger partial charge in [0.05, 0.1) is 11.0 Å². The number of nitrogens with one attached hydrogen (secondary N) is 1. The summed E-state index contributed by atoms with van der Waals surface area (Å²) in [6.07, 6.45) is 1.66. The van der Waals surface area contributed by atoms with Gasteiger partial charge in [0, 0.05) is 18.5 Å². The lowest BCUT2D eigenvalue weighted by molar-refractivity contribution is -0.121. The van der Waals surface area contributed by atoms with Gasteiger partial charge in [-0.15, -0.1) is 10.2 Å². The van der Waals surface area contributed by atoms with Crippen LogP contribution in [0.15, 0.2) is 53.0 Å². The highest BCUT2D eigenvalue weighted by atomic mass is 79.9. The molecule has 1 N–H and O–H groups in total. The molecule has 0 aliphatic rings. The summed E-state index contributed by atoms with van der Waals surface area (Å²) in [6.45, 7) is 1.04. The maximum Gasteiger partial charge on any atom is 0.220 e. The van der Waals surface area contributed by atoms with Crippen molar-refractivity contribution in [3.05, 3.63) is 64.4 Å². The van der Waals surface area contributed by atoms with Gasteiger partial charge in [0.15, 0.2) is 0 Å². The fourth-order valence-electron chi connectivity index (χ4n) is 2.55. The van der Waals surface area contributed by atoms with E-state index in [1.54, 1.807) is 12.1 Å². The second-order valence-electron chi connectivity index (χ2n) is 6.03. The Morgan fingerprint density at radius 1 is 1.19 bits per heavy atom. The third kappa shape index (κ3) is 5.68. The topological polar surface area (TPSA) is 72.7 Å². The first kappa shape index (κ1) is 19.2. The first-order valence-corrected chi connectivity index (χ1v) is 9.45. The summed E-state index contributed by atoms with van der Waals surface area (Å²) < 4.78 is 13.6. The van der Waals surface area contributed by atoms with Crippen LogP contribution in [0.1, 0.15) is 18.4 Å². The minimum Gasteiger partial charge on any atom is -0.356 e. The van der Waals surface area contributed by atoms with Crippen LogP contribution in [0.5, 0.6) is 0 Å². The number of aromatic nitrogens is 4. The van der Waals surface area contributed by atoms with Crippen LogP contribution in [0.25, 0.3) is 11.4 Å². The summed E-state index contributed by atoms with van der Waals surface area (Å²) in [5.41, 5.74) is 1.87. The smallest absolute Gasteiger partial charge is 0.220 e. The number of halogens is 2. The van der Waals surface area contributed by atoms with Crippen molar-refractivity contribution in [3.8, 4) is 11.4 Å². The van der Waals surface area contributed by atoms with Crippen LogP contribution in [0.2, 0.25) is 0 Å². The maximum absolute atomic E-state index is 13.2. The molecule has 2 aromatic carbocycles. The number of rotatable bonds is 8. The molecule has 0 fully saturated rings. The number of carbonyl (C=O) groups excluding carboxylic acids is 1. The Bertz CT molecular complexity index is 900. The molecule has 0 unspecified atom stereocenters. The predicted molar refractivity (Wildman–Crippen MR) is 103 cm³/mol. The van der Waals surface area contributed by atoms with E-state index in [4.69, 9.17) is 0 Å².